The first-order valence-electron chi connectivity index (χ1n) is 9.87. The molecule has 0 spiro atoms. The minimum Gasteiger partial charge on any atom is -0.478 e. The molecule has 1 aromatic heterocycles. The van der Waals surface area contributed by atoms with E-state index in [1.54, 1.807) is 0 Å². The molecule has 0 amide bonds. The average molecular weight is 392 g/mol. The predicted octanol–water partition coefficient (Wildman–Crippen LogP) is 5.23. The molecule has 2 N–H and O–H groups in total. The van der Waals surface area contributed by atoms with Crippen molar-refractivity contribution in [1.29, 1.82) is 0 Å². The van der Waals surface area contributed by atoms with Gasteiger partial charge in [0.25, 0.3) is 0 Å². The quantitative estimate of drug-likeness (QED) is 0.323. The average Bonchev–Trinajstić information content (AvgIpc) is 2.72. The summed E-state index contributed by atoms with van der Waals surface area (Å²) in [6.07, 6.45) is 2.47. The van der Waals surface area contributed by atoms with Crippen molar-refractivity contribution in [3.63, 3.8) is 0 Å². The molecule has 5 nitrogen and oxygen atoms in total. The third-order valence-electron chi connectivity index (χ3n) is 5.10. The SMILES string of the molecule is COC(=O)C(C)(C)CCCCOc1cc(-c2ccc(N)cc2)c2ccccc2n1. The van der Waals surface area contributed by atoms with Crippen molar-refractivity contribution in [2.24, 2.45) is 5.41 Å². The fourth-order valence-corrected chi connectivity index (χ4v) is 3.35. The molecule has 152 valence electrons. The van der Waals surface area contributed by atoms with Crippen molar-refractivity contribution in [2.75, 3.05) is 19.5 Å². The Morgan fingerprint density at radius 3 is 2.52 bits per heavy atom. The Bertz CT molecular complexity index is 981. The molecule has 3 rings (SSSR count). The second-order valence-corrected chi connectivity index (χ2v) is 7.83. The van der Waals surface area contributed by atoms with Crippen LogP contribution in [0.4, 0.5) is 5.69 Å². The number of nitrogen functional groups attached to an aromatic ring is 1. The first-order chi connectivity index (χ1) is 13.9. The second-order valence-electron chi connectivity index (χ2n) is 7.83. The number of hydrogen-bond acceptors (Lipinski definition) is 5. The van der Waals surface area contributed by atoms with Crippen LogP contribution in [0.25, 0.3) is 22.0 Å². The van der Waals surface area contributed by atoms with Gasteiger partial charge in [0, 0.05) is 17.1 Å². The molecule has 0 fully saturated rings. The highest BCUT2D eigenvalue weighted by molar-refractivity contribution is 5.95. The van der Waals surface area contributed by atoms with Gasteiger partial charge >= 0.3 is 5.97 Å². The van der Waals surface area contributed by atoms with Gasteiger partial charge in [0.05, 0.1) is 24.6 Å². The molecule has 0 aliphatic heterocycles. The summed E-state index contributed by atoms with van der Waals surface area (Å²) < 4.78 is 10.8. The fraction of sp³-hybridized carbons (Fsp3) is 0.333. The van der Waals surface area contributed by atoms with Gasteiger partial charge in [0.15, 0.2) is 0 Å². The molecule has 0 saturated carbocycles. The molecule has 1 heterocycles. The number of para-hydroxylation sites is 1. The molecule has 0 unspecified atom stereocenters. The summed E-state index contributed by atoms with van der Waals surface area (Å²) in [7, 11) is 1.43. The van der Waals surface area contributed by atoms with Gasteiger partial charge in [-0.15, -0.1) is 0 Å². The number of aromatic nitrogens is 1. The number of anilines is 1. The maximum atomic E-state index is 11.8. The van der Waals surface area contributed by atoms with E-state index < -0.39 is 5.41 Å². The Balaban J connectivity index is 1.70. The van der Waals surface area contributed by atoms with Crippen molar-refractivity contribution in [1.82, 2.24) is 4.98 Å². The number of benzene rings is 2. The lowest BCUT2D eigenvalue weighted by molar-refractivity contribution is -0.151. The van der Waals surface area contributed by atoms with Crippen LogP contribution >= 0.6 is 0 Å². The number of unbranched alkanes of at least 4 members (excludes halogenated alkanes) is 1. The molecule has 3 aromatic rings. The molecular formula is C24H28N2O3. The summed E-state index contributed by atoms with van der Waals surface area (Å²) in [5.41, 5.74) is 9.13. The van der Waals surface area contributed by atoms with E-state index >= 15 is 0 Å². The van der Waals surface area contributed by atoms with Gasteiger partial charge < -0.3 is 15.2 Å². The molecule has 0 aliphatic carbocycles. The van der Waals surface area contributed by atoms with E-state index in [2.05, 4.69) is 11.1 Å². The Labute approximate surface area is 171 Å². The zero-order valence-corrected chi connectivity index (χ0v) is 17.3. The number of nitrogens with zero attached hydrogens (tertiary/aromatic N) is 1. The number of esters is 1. The molecule has 0 atom stereocenters. The van der Waals surface area contributed by atoms with E-state index in [0.717, 1.165) is 47.0 Å². The van der Waals surface area contributed by atoms with Crippen molar-refractivity contribution in [3.8, 4) is 17.0 Å². The summed E-state index contributed by atoms with van der Waals surface area (Å²) in [6.45, 7) is 4.36. The number of carbonyl (C=O) groups is 1. The van der Waals surface area contributed by atoms with Crippen LogP contribution in [0.2, 0.25) is 0 Å². The topological polar surface area (TPSA) is 74.4 Å². The second kappa shape index (κ2) is 8.95. The van der Waals surface area contributed by atoms with E-state index in [1.807, 2.05) is 62.4 Å². The predicted molar refractivity (Wildman–Crippen MR) is 117 cm³/mol. The van der Waals surface area contributed by atoms with Crippen molar-refractivity contribution < 1.29 is 14.3 Å². The Kier molecular flexibility index (Phi) is 6.37. The summed E-state index contributed by atoms with van der Waals surface area (Å²) in [5.74, 6) is 0.422. The monoisotopic (exact) mass is 392 g/mol. The Morgan fingerprint density at radius 1 is 1.07 bits per heavy atom. The Hall–Kier alpha value is -3.08. The smallest absolute Gasteiger partial charge is 0.311 e. The first-order valence-corrected chi connectivity index (χ1v) is 9.87. The maximum absolute atomic E-state index is 11.8. The van der Waals surface area contributed by atoms with Gasteiger partial charge in [-0.25, -0.2) is 4.98 Å². The molecule has 2 aromatic carbocycles. The number of pyridine rings is 1. The highest BCUT2D eigenvalue weighted by Crippen LogP contribution is 2.31. The van der Waals surface area contributed by atoms with Crippen molar-refractivity contribution in [3.05, 3.63) is 54.6 Å². The fourth-order valence-electron chi connectivity index (χ4n) is 3.35. The molecule has 0 aliphatic rings. The van der Waals surface area contributed by atoms with Crippen LogP contribution in [0.5, 0.6) is 5.88 Å². The van der Waals surface area contributed by atoms with Crippen LogP contribution in [0.1, 0.15) is 33.1 Å². The molecular weight excluding hydrogens is 364 g/mol. The zero-order chi connectivity index (χ0) is 20.9. The Morgan fingerprint density at radius 2 is 1.79 bits per heavy atom. The lowest BCUT2D eigenvalue weighted by atomic mass is 9.87. The van der Waals surface area contributed by atoms with Crippen LogP contribution < -0.4 is 10.5 Å². The normalized spacial score (nSPS) is 11.4. The number of rotatable bonds is 8. The molecule has 0 radical (unpaired) electrons. The number of hydrogen-bond donors (Lipinski definition) is 1. The minimum atomic E-state index is -0.474. The van der Waals surface area contributed by atoms with Gasteiger partial charge in [-0.05, 0) is 62.4 Å². The highest BCUT2D eigenvalue weighted by Gasteiger charge is 2.27. The maximum Gasteiger partial charge on any atom is 0.311 e. The van der Waals surface area contributed by atoms with E-state index in [-0.39, 0.29) is 5.97 Å². The number of carbonyl (C=O) groups excluding carboxylic acids is 1. The summed E-state index contributed by atoms with van der Waals surface area (Å²) in [4.78, 5) is 16.4. The van der Waals surface area contributed by atoms with Crippen LogP contribution in [-0.2, 0) is 9.53 Å². The zero-order valence-electron chi connectivity index (χ0n) is 17.3. The molecule has 5 heteroatoms. The van der Waals surface area contributed by atoms with Gasteiger partial charge in [-0.2, -0.15) is 0 Å². The first kappa shape index (κ1) is 20.6. The van der Waals surface area contributed by atoms with E-state index in [0.29, 0.717) is 12.5 Å². The summed E-state index contributed by atoms with van der Waals surface area (Å²) >= 11 is 0. The number of methoxy groups -OCH3 is 1. The standard InChI is InChI=1S/C24H28N2O3/c1-24(2,23(27)28-3)14-6-7-15-29-22-16-20(17-10-12-18(25)13-11-17)19-8-4-5-9-21(19)26-22/h4-5,8-13,16H,6-7,14-15,25H2,1-3H3. The number of nitrogens with two attached hydrogens (primary N) is 1. The van der Waals surface area contributed by atoms with Gasteiger partial charge in [-0.3, -0.25) is 4.79 Å². The van der Waals surface area contributed by atoms with Crippen molar-refractivity contribution >= 4 is 22.6 Å². The van der Waals surface area contributed by atoms with E-state index in [1.165, 1.54) is 7.11 Å². The van der Waals surface area contributed by atoms with Crippen LogP contribution in [0.3, 0.4) is 0 Å². The van der Waals surface area contributed by atoms with Crippen LogP contribution in [-0.4, -0.2) is 24.7 Å². The molecule has 29 heavy (non-hydrogen) atoms. The van der Waals surface area contributed by atoms with Crippen LogP contribution in [0.15, 0.2) is 54.6 Å². The van der Waals surface area contributed by atoms with Crippen LogP contribution in [0, 0.1) is 5.41 Å². The lowest BCUT2D eigenvalue weighted by Crippen LogP contribution is -2.25. The highest BCUT2D eigenvalue weighted by atomic mass is 16.5. The third-order valence-corrected chi connectivity index (χ3v) is 5.10. The minimum absolute atomic E-state index is 0.178. The largest absolute Gasteiger partial charge is 0.478 e. The van der Waals surface area contributed by atoms with E-state index in [9.17, 15) is 4.79 Å². The number of ether oxygens (including phenoxy) is 2. The van der Waals surface area contributed by atoms with Crippen molar-refractivity contribution in [2.45, 2.75) is 33.1 Å². The molecule has 0 bridgehead atoms. The summed E-state index contributed by atoms with van der Waals surface area (Å²) in [6, 6.07) is 17.8. The van der Waals surface area contributed by atoms with Gasteiger partial charge in [-0.1, -0.05) is 30.3 Å². The third kappa shape index (κ3) is 5.05. The molecule has 0 saturated heterocycles. The lowest BCUT2D eigenvalue weighted by Gasteiger charge is -2.21. The summed E-state index contributed by atoms with van der Waals surface area (Å²) in [5, 5.41) is 1.07. The van der Waals surface area contributed by atoms with E-state index in [4.69, 9.17) is 15.2 Å². The van der Waals surface area contributed by atoms with Gasteiger partial charge in [0.2, 0.25) is 5.88 Å². The number of fused-ring (bicyclic) bond motifs is 1. The van der Waals surface area contributed by atoms with Gasteiger partial charge in [0.1, 0.15) is 0 Å².